The van der Waals surface area contributed by atoms with Crippen molar-refractivity contribution in [1.82, 2.24) is 10.2 Å². The van der Waals surface area contributed by atoms with Crippen LogP contribution in [-0.4, -0.2) is 22.7 Å². The molecule has 0 radical (unpaired) electrons. The molecule has 0 unspecified atom stereocenters. The fraction of sp³-hybridized carbons (Fsp3) is 0.364. The zero-order valence-electron chi connectivity index (χ0n) is 15.6. The summed E-state index contributed by atoms with van der Waals surface area (Å²) in [6.07, 6.45) is 5.42. The van der Waals surface area contributed by atoms with Crippen molar-refractivity contribution in [3.63, 3.8) is 0 Å². The maximum Gasteiger partial charge on any atom is 0.225 e. The second-order valence-electron chi connectivity index (χ2n) is 7.20. The van der Waals surface area contributed by atoms with E-state index in [0.29, 0.717) is 24.8 Å². The van der Waals surface area contributed by atoms with Gasteiger partial charge in [0.2, 0.25) is 5.91 Å². The normalized spacial score (nSPS) is 14.6. The van der Waals surface area contributed by atoms with Gasteiger partial charge in [0.1, 0.15) is 5.75 Å². The van der Waals surface area contributed by atoms with Crippen LogP contribution >= 0.6 is 0 Å². The molecule has 1 amide bonds. The first kappa shape index (κ1) is 17.6. The number of nitrogens with one attached hydrogen (secondary N) is 2. The van der Waals surface area contributed by atoms with Crippen LogP contribution in [0.15, 0.2) is 42.5 Å². The highest BCUT2D eigenvalue weighted by Crippen LogP contribution is 2.30. The van der Waals surface area contributed by atoms with E-state index in [9.17, 15) is 4.79 Å². The molecule has 1 aromatic heterocycles. The number of hydrogen-bond donors (Lipinski definition) is 2. The Kier molecular flexibility index (Phi) is 5.10. The Balaban J connectivity index is 1.52. The lowest BCUT2D eigenvalue weighted by Gasteiger charge is -2.08. The summed E-state index contributed by atoms with van der Waals surface area (Å²) >= 11 is 0. The van der Waals surface area contributed by atoms with Crippen LogP contribution in [0.3, 0.4) is 0 Å². The van der Waals surface area contributed by atoms with E-state index < -0.39 is 0 Å². The Morgan fingerprint density at radius 2 is 2.00 bits per heavy atom. The van der Waals surface area contributed by atoms with Gasteiger partial charge in [0.15, 0.2) is 5.82 Å². The van der Waals surface area contributed by atoms with E-state index in [1.54, 1.807) is 0 Å². The number of hydrogen-bond acceptors (Lipinski definition) is 3. The van der Waals surface area contributed by atoms with Crippen LogP contribution < -0.4 is 10.1 Å². The molecule has 1 aliphatic rings. The van der Waals surface area contributed by atoms with Gasteiger partial charge in [-0.1, -0.05) is 31.0 Å². The van der Waals surface area contributed by atoms with Gasteiger partial charge >= 0.3 is 0 Å². The maximum atomic E-state index is 12.3. The molecule has 1 fully saturated rings. The molecule has 0 atom stereocenters. The molecular formula is C22H25N3O2. The van der Waals surface area contributed by atoms with Crippen molar-refractivity contribution in [3.8, 4) is 16.9 Å². The van der Waals surface area contributed by atoms with Crippen LogP contribution in [0.1, 0.15) is 39.0 Å². The summed E-state index contributed by atoms with van der Waals surface area (Å²) in [7, 11) is 0. The van der Waals surface area contributed by atoms with Gasteiger partial charge in [-0.2, -0.15) is 5.10 Å². The van der Waals surface area contributed by atoms with Crippen molar-refractivity contribution >= 4 is 22.6 Å². The summed E-state index contributed by atoms with van der Waals surface area (Å²) in [5, 5.41) is 11.3. The number of carbonyl (C=O) groups is 1. The minimum absolute atomic E-state index is 0.0591. The number of ether oxygens (including phenoxy) is 1. The Morgan fingerprint density at radius 1 is 1.19 bits per heavy atom. The standard InChI is InChI=1S/C22H25N3O2/c1-2-27-18-9-5-8-16(13-18)17-10-11-19-20(14-17)24-25-22(19)23-21(26)12-15-6-3-4-7-15/h5,8-11,13-15H,2-4,6-7,12H2,1H3,(H2,23,24,25,26). The van der Waals surface area contributed by atoms with Gasteiger partial charge in [0, 0.05) is 11.8 Å². The molecule has 0 bridgehead atoms. The van der Waals surface area contributed by atoms with E-state index in [0.717, 1.165) is 27.8 Å². The Labute approximate surface area is 159 Å². The highest BCUT2D eigenvalue weighted by atomic mass is 16.5. The number of aromatic nitrogens is 2. The molecule has 3 aromatic rings. The molecule has 140 valence electrons. The van der Waals surface area contributed by atoms with Crippen molar-refractivity contribution in [3.05, 3.63) is 42.5 Å². The first-order chi connectivity index (χ1) is 13.2. The minimum atomic E-state index is 0.0591. The van der Waals surface area contributed by atoms with Crippen molar-refractivity contribution in [2.45, 2.75) is 39.0 Å². The molecular weight excluding hydrogens is 338 g/mol. The molecule has 1 saturated carbocycles. The van der Waals surface area contributed by atoms with Gasteiger partial charge in [0.25, 0.3) is 0 Å². The first-order valence-corrected chi connectivity index (χ1v) is 9.74. The number of rotatable bonds is 6. The number of fused-ring (bicyclic) bond motifs is 1. The lowest BCUT2D eigenvalue weighted by atomic mass is 10.0. The summed E-state index contributed by atoms with van der Waals surface area (Å²) in [4.78, 5) is 12.3. The lowest BCUT2D eigenvalue weighted by Crippen LogP contribution is -2.15. The topological polar surface area (TPSA) is 67.0 Å². The van der Waals surface area contributed by atoms with Crippen LogP contribution in [0.4, 0.5) is 5.82 Å². The number of H-pyrrole nitrogens is 1. The fourth-order valence-corrected chi connectivity index (χ4v) is 3.89. The monoisotopic (exact) mass is 363 g/mol. The molecule has 1 aliphatic carbocycles. The van der Waals surface area contributed by atoms with E-state index >= 15 is 0 Å². The number of benzene rings is 2. The Hall–Kier alpha value is -2.82. The van der Waals surface area contributed by atoms with Gasteiger partial charge in [-0.25, -0.2) is 0 Å². The van der Waals surface area contributed by atoms with Gasteiger partial charge in [0.05, 0.1) is 12.1 Å². The number of nitrogens with zero attached hydrogens (tertiary/aromatic N) is 1. The van der Waals surface area contributed by atoms with Crippen LogP contribution in [0.2, 0.25) is 0 Å². The van der Waals surface area contributed by atoms with E-state index in [2.05, 4.69) is 33.7 Å². The summed E-state index contributed by atoms with van der Waals surface area (Å²) in [5.74, 6) is 2.06. The minimum Gasteiger partial charge on any atom is -0.494 e. The third-order valence-electron chi connectivity index (χ3n) is 5.25. The van der Waals surface area contributed by atoms with Crippen LogP contribution in [-0.2, 0) is 4.79 Å². The van der Waals surface area contributed by atoms with Crippen molar-refractivity contribution in [2.24, 2.45) is 5.92 Å². The summed E-state index contributed by atoms with van der Waals surface area (Å²) < 4.78 is 5.59. The Bertz CT molecular complexity index is 942. The van der Waals surface area contributed by atoms with E-state index in [-0.39, 0.29) is 5.91 Å². The fourth-order valence-electron chi connectivity index (χ4n) is 3.89. The van der Waals surface area contributed by atoms with Crippen molar-refractivity contribution in [1.29, 1.82) is 0 Å². The SMILES string of the molecule is CCOc1cccc(-c2ccc3c(NC(=O)CC4CCCC4)n[nH]c3c2)c1. The molecule has 0 aliphatic heterocycles. The average Bonchev–Trinajstić information content (AvgIpc) is 3.32. The summed E-state index contributed by atoms with van der Waals surface area (Å²) in [6, 6.07) is 14.2. The largest absolute Gasteiger partial charge is 0.494 e. The summed E-state index contributed by atoms with van der Waals surface area (Å²) in [5.41, 5.74) is 3.08. The van der Waals surface area contributed by atoms with E-state index in [4.69, 9.17) is 4.74 Å². The van der Waals surface area contributed by atoms with Crippen molar-refractivity contribution in [2.75, 3.05) is 11.9 Å². The van der Waals surface area contributed by atoms with Crippen molar-refractivity contribution < 1.29 is 9.53 Å². The van der Waals surface area contributed by atoms with Crippen LogP contribution in [0.5, 0.6) is 5.75 Å². The van der Waals surface area contributed by atoms with E-state index in [1.807, 2.05) is 31.2 Å². The molecule has 5 heteroatoms. The number of amides is 1. The Morgan fingerprint density at radius 3 is 2.81 bits per heavy atom. The predicted octanol–water partition coefficient (Wildman–Crippen LogP) is 5.15. The van der Waals surface area contributed by atoms with Gasteiger partial charge in [-0.15, -0.1) is 0 Å². The molecule has 2 aromatic carbocycles. The van der Waals surface area contributed by atoms with Gasteiger partial charge < -0.3 is 10.1 Å². The predicted molar refractivity (Wildman–Crippen MR) is 108 cm³/mol. The number of carbonyl (C=O) groups excluding carboxylic acids is 1. The molecule has 0 saturated heterocycles. The van der Waals surface area contributed by atoms with Crippen LogP contribution in [0, 0.1) is 5.92 Å². The second kappa shape index (κ2) is 7.82. The first-order valence-electron chi connectivity index (χ1n) is 9.74. The molecule has 5 nitrogen and oxygen atoms in total. The van der Waals surface area contributed by atoms with Gasteiger partial charge in [-0.3, -0.25) is 9.89 Å². The smallest absolute Gasteiger partial charge is 0.225 e. The number of anilines is 1. The third-order valence-corrected chi connectivity index (χ3v) is 5.25. The molecule has 4 rings (SSSR count). The highest BCUT2D eigenvalue weighted by Gasteiger charge is 2.19. The van der Waals surface area contributed by atoms with Crippen LogP contribution in [0.25, 0.3) is 22.0 Å². The molecule has 1 heterocycles. The zero-order valence-corrected chi connectivity index (χ0v) is 15.6. The van der Waals surface area contributed by atoms with E-state index in [1.165, 1.54) is 25.7 Å². The summed E-state index contributed by atoms with van der Waals surface area (Å²) in [6.45, 7) is 2.62. The zero-order chi connectivity index (χ0) is 18.6. The molecule has 0 spiro atoms. The average molecular weight is 363 g/mol. The van der Waals surface area contributed by atoms with Gasteiger partial charge in [-0.05, 0) is 61.1 Å². The quantitative estimate of drug-likeness (QED) is 0.636. The molecule has 2 N–H and O–H groups in total. The lowest BCUT2D eigenvalue weighted by molar-refractivity contribution is -0.117. The molecule has 27 heavy (non-hydrogen) atoms. The maximum absolute atomic E-state index is 12.3. The third kappa shape index (κ3) is 3.97. The second-order valence-corrected chi connectivity index (χ2v) is 7.20. The number of aromatic amines is 1. The highest BCUT2D eigenvalue weighted by molar-refractivity contribution is 6.00.